The first-order valence-electron chi connectivity index (χ1n) is 5.48. The van der Waals surface area contributed by atoms with Gasteiger partial charge in [-0.05, 0) is 29.9 Å². The third-order valence-corrected chi connectivity index (χ3v) is 4.84. The van der Waals surface area contributed by atoms with Crippen LogP contribution in [0.1, 0.15) is 12.0 Å². The average molecular weight is 321 g/mol. The molecule has 0 N–H and O–H groups in total. The lowest BCUT2D eigenvalue weighted by molar-refractivity contribution is 0.816. The van der Waals surface area contributed by atoms with Crippen LogP contribution in [0.25, 0.3) is 0 Å². The van der Waals surface area contributed by atoms with Crippen LogP contribution in [-0.2, 0) is 5.88 Å². The summed E-state index contributed by atoms with van der Waals surface area (Å²) in [7, 11) is 0. The first kappa shape index (κ1) is 12.6. The number of nitrogens with zero attached hydrogens (tertiary/aromatic N) is 1. The Balaban J connectivity index is 2.16. The summed E-state index contributed by atoms with van der Waals surface area (Å²) in [6.45, 7) is 2.32. The van der Waals surface area contributed by atoms with Gasteiger partial charge in [0.25, 0.3) is 0 Å². The highest BCUT2D eigenvalue weighted by Crippen LogP contribution is 2.26. The summed E-state index contributed by atoms with van der Waals surface area (Å²) < 4.78 is 1.12. The van der Waals surface area contributed by atoms with Crippen LogP contribution >= 0.6 is 39.3 Å². The molecule has 0 aliphatic carbocycles. The number of rotatable bonds is 2. The van der Waals surface area contributed by atoms with Crippen molar-refractivity contribution in [1.82, 2.24) is 0 Å². The molecule has 1 heterocycles. The molecule has 0 unspecified atom stereocenters. The lowest BCUT2D eigenvalue weighted by Crippen LogP contribution is -2.25. The average Bonchev–Trinajstić information content (AvgIpc) is 2.57. The van der Waals surface area contributed by atoms with E-state index < -0.39 is 0 Å². The lowest BCUT2D eigenvalue weighted by Gasteiger charge is -2.23. The molecule has 0 amide bonds. The van der Waals surface area contributed by atoms with Crippen LogP contribution in [0.2, 0.25) is 0 Å². The third kappa shape index (κ3) is 3.08. The molecule has 2 rings (SSSR count). The topological polar surface area (TPSA) is 3.24 Å². The van der Waals surface area contributed by atoms with E-state index in [1.54, 1.807) is 0 Å². The van der Waals surface area contributed by atoms with Crippen molar-refractivity contribution < 1.29 is 0 Å². The van der Waals surface area contributed by atoms with Gasteiger partial charge in [0.15, 0.2) is 0 Å². The minimum atomic E-state index is 0.566. The zero-order valence-electron chi connectivity index (χ0n) is 9.09. The summed E-state index contributed by atoms with van der Waals surface area (Å²) in [6.07, 6.45) is 1.28. The Hall–Kier alpha value is 0.140. The second-order valence-electron chi connectivity index (χ2n) is 3.86. The Morgan fingerprint density at radius 2 is 2.19 bits per heavy atom. The van der Waals surface area contributed by atoms with Gasteiger partial charge < -0.3 is 4.90 Å². The Labute approximate surface area is 115 Å². The van der Waals surface area contributed by atoms with Crippen molar-refractivity contribution in [1.29, 1.82) is 0 Å². The first-order valence-corrected chi connectivity index (χ1v) is 7.96. The molecule has 1 aliphatic rings. The Bertz CT molecular complexity index is 351. The van der Waals surface area contributed by atoms with Gasteiger partial charge >= 0.3 is 0 Å². The number of halogens is 2. The van der Waals surface area contributed by atoms with Gasteiger partial charge in [-0.25, -0.2) is 0 Å². The number of hydrogen-bond acceptors (Lipinski definition) is 2. The van der Waals surface area contributed by atoms with Gasteiger partial charge in [0.1, 0.15) is 0 Å². The summed E-state index contributed by atoms with van der Waals surface area (Å²) in [6, 6.07) is 6.48. The zero-order chi connectivity index (χ0) is 11.4. The number of anilines is 1. The summed E-state index contributed by atoms with van der Waals surface area (Å²) in [5.41, 5.74) is 2.47. The number of benzene rings is 1. The van der Waals surface area contributed by atoms with Gasteiger partial charge in [-0.1, -0.05) is 22.0 Å². The number of hydrogen-bond donors (Lipinski definition) is 0. The highest BCUT2D eigenvalue weighted by molar-refractivity contribution is 9.10. The normalized spacial score (nSPS) is 17.2. The Kier molecular flexibility index (Phi) is 4.86. The quantitative estimate of drug-likeness (QED) is 0.754. The molecular formula is C12H15BrClNS. The molecule has 1 aromatic rings. The van der Waals surface area contributed by atoms with Crippen LogP contribution in [0.3, 0.4) is 0 Å². The van der Waals surface area contributed by atoms with Crippen molar-refractivity contribution in [3.8, 4) is 0 Å². The second-order valence-corrected chi connectivity index (χ2v) is 6.21. The summed E-state index contributed by atoms with van der Waals surface area (Å²) in [4.78, 5) is 2.46. The zero-order valence-corrected chi connectivity index (χ0v) is 12.2. The van der Waals surface area contributed by atoms with Crippen molar-refractivity contribution in [2.75, 3.05) is 29.5 Å². The van der Waals surface area contributed by atoms with Gasteiger partial charge in [-0.15, -0.1) is 11.6 Å². The molecule has 1 nitrogen and oxygen atoms in total. The molecule has 1 fully saturated rings. The first-order chi connectivity index (χ1) is 7.81. The van der Waals surface area contributed by atoms with Crippen LogP contribution in [-0.4, -0.2) is 24.6 Å². The van der Waals surface area contributed by atoms with Crippen LogP contribution < -0.4 is 4.90 Å². The van der Waals surface area contributed by atoms with Crippen LogP contribution in [0, 0.1) is 0 Å². The second kappa shape index (κ2) is 6.18. The highest BCUT2D eigenvalue weighted by Gasteiger charge is 2.11. The highest BCUT2D eigenvalue weighted by atomic mass is 79.9. The molecule has 0 bridgehead atoms. The predicted molar refractivity (Wildman–Crippen MR) is 77.9 cm³/mol. The molecule has 0 aromatic heterocycles. The molecule has 1 aliphatic heterocycles. The molecule has 0 saturated carbocycles. The summed E-state index contributed by atoms with van der Waals surface area (Å²) >= 11 is 11.5. The Morgan fingerprint density at radius 1 is 1.31 bits per heavy atom. The van der Waals surface area contributed by atoms with Crippen molar-refractivity contribution in [3.63, 3.8) is 0 Å². The minimum Gasteiger partial charge on any atom is -0.371 e. The van der Waals surface area contributed by atoms with Gasteiger partial charge in [-0.2, -0.15) is 11.8 Å². The molecule has 4 heteroatoms. The lowest BCUT2D eigenvalue weighted by atomic mass is 10.2. The summed E-state index contributed by atoms with van der Waals surface area (Å²) in [5.74, 6) is 3.09. The van der Waals surface area contributed by atoms with Gasteiger partial charge in [0, 0.05) is 34.9 Å². The van der Waals surface area contributed by atoms with Crippen LogP contribution in [0.5, 0.6) is 0 Å². The van der Waals surface area contributed by atoms with Gasteiger partial charge in [0.2, 0.25) is 0 Å². The monoisotopic (exact) mass is 319 g/mol. The van der Waals surface area contributed by atoms with Crippen molar-refractivity contribution in [2.45, 2.75) is 12.3 Å². The van der Waals surface area contributed by atoms with E-state index in [1.165, 1.54) is 30.2 Å². The summed E-state index contributed by atoms with van der Waals surface area (Å²) in [5, 5.41) is 0. The van der Waals surface area contributed by atoms with E-state index >= 15 is 0 Å². The predicted octanol–water partition coefficient (Wildman–Crippen LogP) is 4.13. The van der Waals surface area contributed by atoms with E-state index in [1.807, 2.05) is 0 Å². The number of thioether (sulfide) groups is 1. The molecule has 0 atom stereocenters. The molecule has 1 aromatic carbocycles. The van der Waals surface area contributed by atoms with Crippen molar-refractivity contribution in [3.05, 3.63) is 28.2 Å². The molecule has 1 saturated heterocycles. The van der Waals surface area contributed by atoms with Crippen LogP contribution in [0.15, 0.2) is 22.7 Å². The fourth-order valence-corrected chi connectivity index (χ4v) is 3.63. The molecule has 16 heavy (non-hydrogen) atoms. The number of alkyl halides is 1. The maximum atomic E-state index is 5.85. The molecule has 88 valence electrons. The fraction of sp³-hybridized carbons (Fsp3) is 0.500. The van der Waals surface area contributed by atoms with Crippen molar-refractivity contribution in [2.24, 2.45) is 0 Å². The molecule has 0 radical (unpaired) electrons. The standard InChI is InChI=1S/C12H15BrClNS/c13-12-8-11(3-2-10(12)9-14)15-4-1-6-16-7-5-15/h2-3,8H,1,4-7,9H2. The maximum absolute atomic E-state index is 5.85. The fourth-order valence-electron chi connectivity index (χ4n) is 1.85. The van der Waals surface area contributed by atoms with E-state index in [0.29, 0.717) is 5.88 Å². The maximum Gasteiger partial charge on any atom is 0.0485 e. The van der Waals surface area contributed by atoms with Crippen molar-refractivity contribution >= 4 is 45.0 Å². The molecule has 0 spiro atoms. The Morgan fingerprint density at radius 3 is 2.94 bits per heavy atom. The molecular weight excluding hydrogens is 306 g/mol. The largest absolute Gasteiger partial charge is 0.371 e. The SMILES string of the molecule is ClCc1ccc(N2CCCSCC2)cc1Br. The van der Waals surface area contributed by atoms with E-state index in [9.17, 15) is 0 Å². The van der Waals surface area contributed by atoms with E-state index in [-0.39, 0.29) is 0 Å². The van der Waals surface area contributed by atoms with E-state index in [0.717, 1.165) is 16.6 Å². The smallest absolute Gasteiger partial charge is 0.0485 e. The van der Waals surface area contributed by atoms with Gasteiger partial charge in [0.05, 0.1) is 0 Å². The van der Waals surface area contributed by atoms with Gasteiger partial charge in [-0.3, -0.25) is 0 Å². The van der Waals surface area contributed by atoms with E-state index in [4.69, 9.17) is 11.6 Å². The minimum absolute atomic E-state index is 0.566. The van der Waals surface area contributed by atoms with E-state index in [2.05, 4.69) is 50.8 Å². The third-order valence-electron chi connectivity index (χ3n) is 2.77. The van der Waals surface area contributed by atoms with Crippen LogP contribution in [0.4, 0.5) is 5.69 Å².